The second-order valence-corrected chi connectivity index (χ2v) is 8.06. The number of aromatic hydroxyl groups is 1. The van der Waals surface area contributed by atoms with Crippen LogP contribution in [0.3, 0.4) is 0 Å². The number of phenolic OH excluding ortho intramolecular Hbond substituents is 1. The second-order valence-electron chi connectivity index (χ2n) is 8.06. The molecule has 31 heavy (non-hydrogen) atoms. The minimum absolute atomic E-state index is 0.0104. The van der Waals surface area contributed by atoms with Gasteiger partial charge in [0.1, 0.15) is 5.75 Å². The van der Waals surface area contributed by atoms with E-state index in [1.807, 2.05) is 31.3 Å². The van der Waals surface area contributed by atoms with E-state index in [1.54, 1.807) is 0 Å². The van der Waals surface area contributed by atoms with E-state index in [0.717, 1.165) is 42.8 Å². The third-order valence-electron chi connectivity index (χ3n) is 6.45. The van der Waals surface area contributed by atoms with Crippen molar-refractivity contribution in [3.63, 3.8) is 0 Å². The summed E-state index contributed by atoms with van der Waals surface area (Å²) in [6.07, 6.45) is 2.18. The number of rotatable bonds is 5. The fourth-order valence-corrected chi connectivity index (χ4v) is 4.93. The van der Waals surface area contributed by atoms with Gasteiger partial charge in [-0.25, -0.2) is 0 Å². The van der Waals surface area contributed by atoms with E-state index in [2.05, 4.69) is 10.2 Å². The van der Waals surface area contributed by atoms with Gasteiger partial charge >= 0.3 is 0 Å². The standard InChI is InChI=1S/C23H28N2O6/c1-24-21-20(13-8-18(27-2)22(26)19(9-13)28-3)14-10-16-17(30-12-29-16)11-15(14)31-23(21)25-6-4-5-7-25/h8-11,20-21,23-24,26H,4-7,12H2,1-3H3. The highest BCUT2D eigenvalue weighted by Crippen LogP contribution is 2.50. The maximum Gasteiger partial charge on any atom is 0.231 e. The van der Waals surface area contributed by atoms with Crippen molar-refractivity contribution in [3.05, 3.63) is 35.4 Å². The van der Waals surface area contributed by atoms with Gasteiger partial charge in [0.05, 0.1) is 20.3 Å². The summed E-state index contributed by atoms with van der Waals surface area (Å²) >= 11 is 0. The predicted molar refractivity (Wildman–Crippen MR) is 114 cm³/mol. The Morgan fingerprint density at radius 3 is 2.23 bits per heavy atom. The molecule has 2 aromatic rings. The zero-order valence-corrected chi connectivity index (χ0v) is 18.0. The van der Waals surface area contributed by atoms with Crippen molar-refractivity contribution in [1.29, 1.82) is 0 Å². The van der Waals surface area contributed by atoms with Crippen LogP contribution in [0.15, 0.2) is 24.3 Å². The van der Waals surface area contributed by atoms with Gasteiger partial charge in [-0.15, -0.1) is 0 Å². The number of likely N-dealkylation sites (tertiary alicyclic amines) is 1. The molecule has 1 saturated heterocycles. The first kappa shape index (κ1) is 20.1. The summed E-state index contributed by atoms with van der Waals surface area (Å²) in [5.74, 6) is 2.83. The number of likely N-dealkylation sites (N-methyl/N-ethyl adjacent to an activating group) is 1. The molecular weight excluding hydrogens is 400 g/mol. The summed E-state index contributed by atoms with van der Waals surface area (Å²) in [4.78, 5) is 2.39. The van der Waals surface area contributed by atoms with Crippen LogP contribution in [0, 0.1) is 0 Å². The van der Waals surface area contributed by atoms with Crippen molar-refractivity contribution in [3.8, 4) is 34.5 Å². The fourth-order valence-electron chi connectivity index (χ4n) is 4.93. The molecule has 3 aliphatic heterocycles. The van der Waals surface area contributed by atoms with Crippen molar-refractivity contribution in [2.75, 3.05) is 41.1 Å². The molecule has 8 heteroatoms. The molecule has 3 unspecified atom stereocenters. The maximum absolute atomic E-state index is 10.4. The summed E-state index contributed by atoms with van der Waals surface area (Å²) in [6.45, 7) is 2.20. The van der Waals surface area contributed by atoms with Crippen LogP contribution in [0.4, 0.5) is 0 Å². The molecule has 0 bridgehead atoms. The van der Waals surface area contributed by atoms with Crippen LogP contribution in [0.25, 0.3) is 0 Å². The van der Waals surface area contributed by atoms with E-state index in [-0.39, 0.29) is 30.7 Å². The minimum Gasteiger partial charge on any atom is -0.502 e. The van der Waals surface area contributed by atoms with Gasteiger partial charge in [-0.2, -0.15) is 0 Å². The van der Waals surface area contributed by atoms with Gasteiger partial charge in [0.15, 0.2) is 29.2 Å². The number of fused-ring (bicyclic) bond motifs is 2. The first-order chi connectivity index (χ1) is 15.1. The van der Waals surface area contributed by atoms with E-state index in [4.69, 9.17) is 23.7 Å². The highest BCUT2D eigenvalue weighted by atomic mass is 16.7. The number of benzene rings is 2. The monoisotopic (exact) mass is 428 g/mol. The lowest BCUT2D eigenvalue weighted by atomic mass is 9.81. The van der Waals surface area contributed by atoms with E-state index >= 15 is 0 Å². The van der Waals surface area contributed by atoms with Gasteiger partial charge in [0, 0.05) is 30.6 Å². The quantitative estimate of drug-likeness (QED) is 0.752. The summed E-state index contributed by atoms with van der Waals surface area (Å²) in [7, 11) is 5.03. The SMILES string of the molecule is CNC1C(c2cc(OC)c(O)c(OC)c2)c2cc3c(cc2OC1N1CCCC1)OCO3. The van der Waals surface area contributed by atoms with Crippen LogP contribution in [0.2, 0.25) is 0 Å². The van der Waals surface area contributed by atoms with Crippen LogP contribution in [-0.4, -0.2) is 63.4 Å². The van der Waals surface area contributed by atoms with E-state index in [1.165, 1.54) is 14.2 Å². The Morgan fingerprint density at radius 1 is 0.968 bits per heavy atom. The third-order valence-corrected chi connectivity index (χ3v) is 6.45. The molecule has 8 nitrogen and oxygen atoms in total. The average molecular weight is 428 g/mol. The van der Waals surface area contributed by atoms with Gasteiger partial charge in [-0.05, 0) is 43.7 Å². The van der Waals surface area contributed by atoms with E-state index < -0.39 is 0 Å². The topological polar surface area (TPSA) is 81.7 Å². The molecule has 3 aliphatic rings. The maximum atomic E-state index is 10.4. The lowest BCUT2D eigenvalue weighted by Crippen LogP contribution is -2.56. The first-order valence-electron chi connectivity index (χ1n) is 10.6. The van der Waals surface area contributed by atoms with Crippen molar-refractivity contribution < 1.29 is 28.8 Å². The number of phenols is 1. The van der Waals surface area contributed by atoms with E-state index in [9.17, 15) is 5.11 Å². The third kappa shape index (κ3) is 3.30. The largest absolute Gasteiger partial charge is 0.502 e. The average Bonchev–Trinajstić information content (AvgIpc) is 3.48. The molecule has 3 atom stereocenters. The molecule has 0 aromatic heterocycles. The van der Waals surface area contributed by atoms with Crippen molar-refractivity contribution in [1.82, 2.24) is 10.2 Å². The second kappa shape index (κ2) is 8.01. The Morgan fingerprint density at radius 2 is 1.61 bits per heavy atom. The van der Waals surface area contributed by atoms with Crippen LogP contribution >= 0.6 is 0 Å². The molecule has 2 N–H and O–H groups in total. The number of ether oxygens (including phenoxy) is 5. The minimum atomic E-state index is -0.142. The van der Waals surface area contributed by atoms with Crippen LogP contribution < -0.4 is 29.0 Å². The molecule has 3 heterocycles. The Bertz CT molecular complexity index is 950. The number of hydrogen-bond acceptors (Lipinski definition) is 8. The first-order valence-corrected chi connectivity index (χ1v) is 10.6. The lowest BCUT2D eigenvalue weighted by Gasteiger charge is -2.43. The van der Waals surface area contributed by atoms with Gasteiger partial charge in [0.2, 0.25) is 12.5 Å². The number of nitrogens with zero attached hydrogens (tertiary/aromatic N) is 1. The molecule has 1 fully saturated rings. The molecule has 0 amide bonds. The molecule has 0 radical (unpaired) electrons. The lowest BCUT2D eigenvalue weighted by molar-refractivity contribution is -0.00370. The molecule has 166 valence electrons. The number of methoxy groups -OCH3 is 2. The molecule has 5 rings (SSSR count). The Labute approximate surface area is 181 Å². The number of hydrogen-bond donors (Lipinski definition) is 2. The summed E-state index contributed by atoms with van der Waals surface area (Å²) in [5.41, 5.74) is 1.95. The van der Waals surface area contributed by atoms with Crippen LogP contribution in [-0.2, 0) is 0 Å². The Balaban J connectivity index is 1.68. The van der Waals surface area contributed by atoms with Gasteiger partial charge in [-0.3, -0.25) is 4.90 Å². The van der Waals surface area contributed by atoms with Crippen LogP contribution in [0.1, 0.15) is 29.9 Å². The summed E-state index contributed by atoms with van der Waals surface area (Å²) in [6, 6.07) is 7.62. The molecule has 0 saturated carbocycles. The Kier molecular flexibility index (Phi) is 5.19. The molecule has 0 spiro atoms. The van der Waals surface area contributed by atoms with Crippen molar-refractivity contribution in [2.24, 2.45) is 0 Å². The van der Waals surface area contributed by atoms with Gasteiger partial charge < -0.3 is 34.1 Å². The summed E-state index contributed by atoms with van der Waals surface area (Å²) < 4.78 is 28.7. The van der Waals surface area contributed by atoms with Gasteiger partial charge in [-0.1, -0.05) is 0 Å². The highest BCUT2D eigenvalue weighted by molar-refractivity contribution is 5.60. The van der Waals surface area contributed by atoms with E-state index in [0.29, 0.717) is 23.0 Å². The number of nitrogens with one attached hydrogen (secondary N) is 1. The van der Waals surface area contributed by atoms with Crippen LogP contribution in [0.5, 0.6) is 34.5 Å². The molecular formula is C23H28N2O6. The Hall–Kier alpha value is -2.84. The van der Waals surface area contributed by atoms with Crippen molar-refractivity contribution in [2.45, 2.75) is 31.0 Å². The predicted octanol–water partition coefficient (Wildman–Crippen LogP) is 2.67. The zero-order valence-electron chi connectivity index (χ0n) is 18.0. The normalized spacial score (nSPS) is 24.5. The molecule has 0 aliphatic carbocycles. The van der Waals surface area contributed by atoms with Gasteiger partial charge in [0.25, 0.3) is 0 Å². The smallest absolute Gasteiger partial charge is 0.231 e. The molecule has 2 aromatic carbocycles. The summed E-state index contributed by atoms with van der Waals surface area (Å²) in [5, 5.41) is 13.9. The highest BCUT2D eigenvalue weighted by Gasteiger charge is 2.43. The zero-order chi connectivity index (χ0) is 21.5. The fraction of sp³-hybridized carbons (Fsp3) is 0.478. The van der Waals surface area contributed by atoms with Crippen molar-refractivity contribution >= 4 is 0 Å².